The van der Waals surface area contributed by atoms with Gasteiger partial charge >= 0.3 is 6.03 Å². The highest BCUT2D eigenvalue weighted by Crippen LogP contribution is 2.22. The third kappa shape index (κ3) is 4.31. The molecule has 24 heavy (non-hydrogen) atoms. The molecule has 0 aliphatic carbocycles. The molecule has 0 aromatic heterocycles. The smallest absolute Gasteiger partial charge is 0.318 e. The van der Waals surface area contributed by atoms with Crippen molar-refractivity contribution in [1.82, 2.24) is 14.5 Å². The van der Waals surface area contributed by atoms with Gasteiger partial charge in [-0.15, -0.1) is 0 Å². The Balaban J connectivity index is 2.02. The molecule has 1 aromatic carbocycles. The van der Waals surface area contributed by atoms with Gasteiger partial charge in [0.05, 0.1) is 11.4 Å². The number of nitrogens with zero attached hydrogens (tertiary/aromatic N) is 2. The number of nitrogens with one attached hydrogen (secondary N) is 1. The normalized spacial score (nSPS) is 16.8. The monoisotopic (exact) mass is 354 g/mol. The van der Waals surface area contributed by atoms with Crippen LogP contribution >= 0.6 is 0 Å². The minimum atomic E-state index is -3.55. The van der Waals surface area contributed by atoms with Crippen molar-refractivity contribution in [2.75, 3.05) is 32.7 Å². The summed E-state index contributed by atoms with van der Waals surface area (Å²) in [6.45, 7) is 5.05. The second-order valence-electron chi connectivity index (χ2n) is 5.86. The number of hydrogen-bond donors (Lipinski definition) is 2. The first-order chi connectivity index (χ1) is 11.2. The van der Waals surface area contributed by atoms with Gasteiger partial charge in [0.25, 0.3) is 0 Å². The lowest BCUT2D eigenvalue weighted by molar-refractivity contribution is -0.121. The Labute approximate surface area is 141 Å². The van der Waals surface area contributed by atoms with Gasteiger partial charge in [-0.2, -0.15) is 4.31 Å². The van der Waals surface area contributed by atoms with Crippen molar-refractivity contribution >= 4 is 22.0 Å². The van der Waals surface area contributed by atoms with Gasteiger partial charge in [0.2, 0.25) is 15.9 Å². The van der Waals surface area contributed by atoms with Crippen molar-refractivity contribution in [1.29, 1.82) is 0 Å². The SMILES string of the molecule is Cc1ccc(C)c(S(=O)(=O)N2CCN(CC(=O)NC(N)=O)CC2)c1. The fourth-order valence-electron chi connectivity index (χ4n) is 2.63. The number of benzene rings is 1. The summed E-state index contributed by atoms with van der Waals surface area (Å²) in [6, 6.07) is 4.46. The molecular formula is C15H22N4O4S. The molecule has 0 atom stereocenters. The van der Waals surface area contributed by atoms with Crippen LogP contribution in [-0.4, -0.2) is 62.3 Å². The number of aryl methyl sites for hydroxylation is 2. The summed E-state index contributed by atoms with van der Waals surface area (Å²) < 4.78 is 27.0. The Morgan fingerprint density at radius 3 is 2.38 bits per heavy atom. The Kier molecular flexibility index (Phi) is 5.58. The maximum atomic E-state index is 12.8. The second kappa shape index (κ2) is 7.29. The summed E-state index contributed by atoms with van der Waals surface area (Å²) in [7, 11) is -3.55. The summed E-state index contributed by atoms with van der Waals surface area (Å²) >= 11 is 0. The number of carbonyl (C=O) groups is 2. The summed E-state index contributed by atoms with van der Waals surface area (Å²) in [4.78, 5) is 24.3. The van der Waals surface area contributed by atoms with E-state index in [0.29, 0.717) is 36.6 Å². The molecule has 0 bridgehead atoms. The van der Waals surface area contributed by atoms with Gasteiger partial charge in [-0.25, -0.2) is 13.2 Å². The molecule has 0 unspecified atom stereocenters. The number of imide groups is 1. The van der Waals surface area contributed by atoms with Crippen LogP contribution in [0.25, 0.3) is 0 Å². The van der Waals surface area contributed by atoms with Crippen LogP contribution in [0, 0.1) is 13.8 Å². The summed E-state index contributed by atoms with van der Waals surface area (Å²) in [5, 5.41) is 2.00. The van der Waals surface area contributed by atoms with E-state index >= 15 is 0 Å². The van der Waals surface area contributed by atoms with Crippen molar-refractivity contribution in [3.63, 3.8) is 0 Å². The van der Waals surface area contributed by atoms with E-state index < -0.39 is 22.0 Å². The quantitative estimate of drug-likeness (QED) is 0.778. The van der Waals surface area contributed by atoms with Crippen LogP contribution in [0.1, 0.15) is 11.1 Å². The molecule has 0 spiro atoms. The first-order valence-corrected chi connectivity index (χ1v) is 9.03. The number of rotatable bonds is 4. The number of urea groups is 1. The lowest BCUT2D eigenvalue weighted by Gasteiger charge is -2.33. The average molecular weight is 354 g/mol. The van der Waals surface area contributed by atoms with E-state index in [1.165, 1.54) is 4.31 Å². The number of amides is 3. The van der Waals surface area contributed by atoms with Gasteiger partial charge in [-0.3, -0.25) is 15.0 Å². The lowest BCUT2D eigenvalue weighted by atomic mass is 10.2. The van der Waals surface area contributed by atoms with Crippen LogP contribution in [0.2, 0.25) is 0 Å². The van der Waals surface area contributed by atoms with Gasteiger partial charge in [0.15, 0.2) is 0 Å². The predicted octanol–water partition coefficient (Wildman–Crippen LogP) is -0.195. The maximum Gasteiger partial charge on any atom is 0.318 e. The highest BCUT2D eigenvalue weighted by atomic mass is 32.2. The molecule has 3 N–H and O–H groups in total. The van der Waals surface area contributed by atoms with E-state index in [4.69, 9.17) is 5.73 Å². The van der Waals surface area contributed by atoms with E-state index in [9.17, 15) is 18.0 Å². The van der Waals surface area contributed by atoms with Crippen LogP contribution in [0.3, 0.4) is 0 Å². The molecule has 8 nitrogen and oxygen atoms in total. The number of carbonyl (C=O) groups excluding carboxylic acids is 2. The summed E-state index contributed by atoms with van der Waals surface area (Å²) in [5.41, 5.74) is 6.49. The van der Waals surface area contributed by atoms with Crippen molar-refractivity contribution < 1.29 is 18.0 Å². The molecule has 1 aromatic rings. The van der Waals surface area contributed by atoms with Crippen LogP contribution in [0.5, 0.6) is 0 Å². The largest absolute Gasteiger partial charge is 0.351 e. The number of primary amides is 1. The molecule has 1 fully saturated rings. The molecule has 132 valence electrons. The van der Waals surface area contributed by atoms with Gasteiger partial charge in [0.1, 0.15) is 0 Å². The molecule has 2 rings (SSSR count). The minimum Gasteiger partial charge on any atom is -0.351 e. The molecule has 3 amide bonds. The number of hydrogen-bond acceptors (Lipinski definition) is 5. The van der Waals surface area contributed by atoms with Crippen LogP contribution < -0.4 is 11.1 Å². The first-order valence-electron chi connectivity index (χ1n) is 7.59. The fourth-order valence-corrected chi connectivity index (χ4v) is 4.36. The molecule has 0 saturated carbocycles. The lowest BCUT2D eigenvalue weighted by Crippen LogP contribution is -2.51. The molecule has 1 aliphatic heterocycles. The average Bonchev–Trinajstić information content (AvgIpc) is 2.49. The summed E-state index contributed by atoms with van der Waals surface area (Å²) in [6.07, 6.45) is 0. The van der Waals surface area contributed by atoms with Gasteiger partial charge in [-0.1, -0.05) is 12.1 Å². The van der Waals surface area contributed by atoms with E-state index in [2.05, 4.69) is 0 Å². The molecule has 1 heterocycles. The van der Waals surface area contributed by atoms with Gasteiger partial charge in [-0.05, 0) is 31.0 Å². The molecule has 0 radical (unpaired) electrons. The third-order valence-electron chi connectivity index (χ3n) is 3.92. The van der Waals surface area contributed by atoms with E-state index in [1.807, 2.05) is 18.3 Å². The molecule has 1 aliphatic rings. The Morgan fingerprint density at radius 1 is 1.17 bits per heavy atom. The van der Waals surface area contributed by atoms with E-state index in [1.54, 1.807) is 24.0 Å². The summed E-state index contributed by atoms with van der Waals surface area (Å²) in [5.74, 6) is -0.492. The van der Waals surface area contributed by atoms with Gasteiger partial charge < -0.3 is 5.73 Å². The standard InChI is InChI=1S/C15H22N4O4S/c1-11-3-4-12(2)13(9-11)24(22,23)19-7-5-18(6-8-19)10-14(20)17-15(16)21/h3-4,9H,5-8,10H2,1-2H3,(H3,16,17,20,21). The van der Waals surface area contributed by atoms with Gasteiger partial charge in [0, 0.05) is 26.2 Å². The zero-order valence-corrected chi connectivity index (χ0v) is 14.6. The van der Waals surface area contributed by atoms with Crippen molar-refractivity contribution in [3.8, 4) is 0 Å². The molecule has 9 heteroatoms. The van der Waals surface area contributed by atoms with Crippen LogP contribution in [0.15, 0.2) is 23.1 Å². The van der Waals surface area contributed by atoms with Crippen LogP contribution in [-0.2, 0) is 14.8 Å². The third-order valence-corrected chi connectivity index (χ3v) is 5.96. The zero-order valence-electron chi connectivity index (χ0n) is 13.8. The maximum absolute atomic E-state index is 12.8. The minimum absolute atomic E-state index is 0.0142. The Morgan fingerprint density at radius 2 is 1.79 bits per heavy atom. The highest BCUT2D eigenvalue weighted by molar-refractivity contribution is 7.89. The topological polar surface area (TPSA) is 113 Å². The second-order valence-corrected chi connectivity index (χ2v) is 7.77. The first kappa shape index (κ1) is 18.4. The van der Waals surface area contributed by atoms with E-state index in [-0.39, 0.29) is 6.54 Å². The molecular weight excluding hydrogens is 332 g/mol. The number of piperazine rings is 1. The van der Waals surface area contributed by atoms with Crippen LogP contribution in [0.4, 0.5) is 4.79 Å². The van der Waals surface area contributed by atoms with E-state index in [0.717, 1.165) is 5.56 Å². The van der Waals surface area contributed by atoms with Crippen molar-refractivity contribution in [2.45, 2.75) is 18.7 Å². The van der Waals surface area contributed by atoms with Crippen molar-refractivity contribution in [2.24, 2.45) is 5.73 Å². The number of sulfonamides is 1. The zero-order chi connectivity index (χ0) is 17.9. The predicted molar refractivity (Wildman–Crippen MR) is 88.8 cm³/mol. The Hall–Kier alpha value is -1.97. The number of nitrogens with two attached hydrogens (primary N) is 1. The highest BCUT2D eigenvalue weighted by Gasteiger charge is 2.30. The fraction of sp³-hybridized carbons (Fsp3) is 0.467. The Bertz CT molecular complexity index is 740. The van der Waals surface area contributed by atoms with Crippen molar-refractivity contribution in [3.05, 3.63) is 29.3 Å². The molecule has 1 saturated heterocycles.